The summed E-state index contributed by atoms with van der Waals surface area (Å²) in [4.78, 5) is 33.4. The van der Waals surface area contributed by atoms with Crippen LogP contribution in [0.1, 0.15) is 24.8 Å². The number of aliphatic carboxylic acids is 1. The maximum atomic E-state index is 11.7. The van der Waals surface area contributed by atoms with Gasteiger partial charge in [-0.15, -0.1) is 0 Å². The number of anilines is 1. The van der Waals surface area contributed by atoms with Crippen LogP contribution < -0.4 is 16.8 Å². The lowest BCUT2D eigenvalue weighted by molar-refractivity contribution is -0.142. The van der Waals surface area contributed by atoms with Gasteiger partial charge in [-0.05, 0) is 30.5 Å². The van der Waals surface area contributed by atoms with E-state index in [9.17, 15) is 14.4 Å². The number of carbonyl (C=O) groups excluding carboxylic acids is 2. The number of benzene rings is 1. The molecule has 0 aliphatic carbocycles. The number of primary amides is 1. The first kappa shape index (κ1) is 16.5. The van der Waals surface area contributed by atoms with Crippen LogP contribution >= 0.6 is 0 Å². The third-order valence-corrected chi connectivity index (χ3v) is 2.93. The topological polar surface area (TPSA) is 136 Å². The van der Waals surface area contributed by atoms with Crippen LogP contribution in [0.5, 0.6) is 0 Å². The van der Waals surface area contributed by atoms with Crippen LogP contribution in [-0.2, 0) is 20.8 Å². The van der Waals surface area contributed by atoms with Crippen LogP contribution in [0.3, 0.4) is 0 Å². The lowest BCUT2D eigenvalue weighted by atomic mass is 10.1. The SMILES string of the molecule is NC(=O)CCC(NC(=O)CCc1ccc(N)cc1)C(=O)O. The zero-order valence-corrected chi connectivity index (χ0v) is 11.5. The second-order valence-corrected chi connectivity index (χ2v) is 4.70. The van der Waals surface area contributed by atoms with Gasteiger partial charge in [0.2, 0.25) is 11.8 Å². The molecule has 1 unspecified atom stereocenters. The molecule has 0 aromatic heterocycles. The number of hydrogen-bond donors (Lipinski definition) is 4. The van der Waals surface area contributed by atoms with Crippen molar-refractivity contribution in [2.45, 2.75) is 31.7 Å². The highest BCUT2D eigenvalue weighted by Gasteiger charge is 2.20. The Labute approximate surface area is 122 Å². The highest BCUT2D eigenvalue weighted by molar-refractivity contribution is 5.84. The first-order chi connectivity index (χ1) is 9.88. The van der Waals surface area contributed by atoms with Crippen LogP contribution in [0, 0.1) is 0 Å². The molecule has 0 radical (unpaired) electrons. The molecular weight excluding hydrogens is 274 g/mol. The molecule has 1 aromatic rings. The zero-order chi connectivity index (χ0) is 15.8. The van der Waals surface area contributed by atoms with Crippen molar-refractivity contribution in [3.63, 3.8) is 0 Å². The van der Waals surface area contributed by atoms with Crippen molar-refractivity contribution in [3.8, 4) is 0 Å². The number of nitrogens with two attached hydrogens (primary N) is 2. The molecule has 6 N–H and O–H groups in total. The van der Waals surface area contributed by atoms with E-state index in [2.05, 4.69) is 5.32 Å². The van der Waals surface area contributed by atoms with Crippen LogP contribution in [0.4, 0.5) is 5.69 Å². The molecule has 0 fully saturated rings. The summed E-state index contributed by atoms with van der Waals surface area (Å²) in [6, 6.07) is 5.99. The van der Waals surface area contributed by atoms with Crippen molar-refractivity contribution in [2.75, 3.05) is 5.73 Å². The minimum atomic E-state index is -1.18. The molecule has 1 aromatic carbocycles. The van der Waals surface area contributed by atoms with Crippen LogP contribution in [0.25, 0.3) is 0 Å². The number of nitrogens with one attached hydrogen (secondary N) is 1. The molecule has 2 amide bonds. The van der Waals surface area contributed by atoms with Gasteiger partial charge in [-0.1, -0.05) is 12.1 Å². The summed E-state index contributed by atoms with van der Waals surface area (Å²) in [6.07, 6.45) is 0.534. The van der Waals surface area contributed by atoms with Crippen LogP contribution in [-0.4, -0.2) is 28.9 Å². The Morgan fingerprint density at radius 2 is 1.76 bits per heavy atom. The molecule has 114 valence electrons. The van der Waals surface area contributed by atoms with Gasteiger partial charge >= 0.3 is 5.97 Å². The Kier molecular flexibility index (Phi) is 6.19. The van der Waals surface area contributed by atoms with E-state index in [1.54, 1.807) is 12.1 Å². The molecule has 7 heteroatoms. The fourth-order valence-corrected chi connectivity index (χ4v) is 1.75. The smallest absolute Gasteiger partial charge is 0.326 e. The van der Waals surface area contributed by atoms with Gasteiger partial charge in [0.25, 0.3) is 0 Å². The lowest BCUT2D eigenvalue weighted by Gasteiger charge is -2.13. The summed E-state index contributed by atoms with van der Waals surface area (Å²) in [7, 11) is 0. The lowest BCUT2D eigenvalue weighted by Crippen LogP contribution is -2.41. The Morgan fingerprint density at radius 3 is 2.29 bits per heavy atom. The number of rotatable bonds is 8. The maximum Gasteiger partial charge on any atom is 0.326 e. The Hall–Kier alpha value is -2.57. The van der Waals surface area contributed by atoms with Gasteiger partial charge in [-0.25, -0.2) is 4.79 Å². The van der Waals surface area contributed by atoms with Crippen molar-refractivity contribution in [1.29, 1.82) is 0 Å². The molecule has 0 heterocycles. The third-order valence-electron chi connectivity index (χ3n) is 2.93. The number of carboxylic acids is 1. The predicted octanol–water partition coefficient (Wildman–Crippen LogP) is 0.0363. The number of carbonyl (C=O) groups is 3. The van der Waals surface area contributed by atoms with Gasteiger partial charge in [0.15, 0.2) is 0 Å². The van der Waals surface area contributed by atoms with E-state index in [0.717, 1.165) is 5.56 Å². The largest absolute Gasteiger partial charge is 0.480 e. The number of nitrogen functional groups attached to an aromatic ring is 1. The Bertz CT molecular complexity index is 513. The fraction of sp³-hybridized carbons (Fsp3) is 0.357. The Morgan fingerprint density at radius 1 is 1.14 bits per heavy atom. The second kappa shape index (κ2) is 7.88. The normalized spacial score (nSPS) is 11.6. The Balaban J connectivity index is 2.44. The predicted molar refractivity (Wildman–Crippen MR) is 77.2 cm³/mol. The number of aryl methyl sites for hydroxylation is 1. The summed E-state index contributed by atoms with van der Waals surface area (Å²) in [5.41, 5.74) is 12.1. The third kappa shape index (κ3) is 6.42. The van der Waals surface area contributed by atoms with E-state index >= 15 is 0 Å². The number of hydrogen-bond acceptors (Lipinski definition) is 4. The molecule has 0 saturated carbocycles. The highest BCUT2D eigenvalue weighted by Crippen LogP contribution is 2.08. The number of amides is 2. The van der Waals surface area contributed by atoms with E-state index < -0.39 is 17.9 Å². The first-order valence-electron chi connectivity index (χ1n) is 6.53. The van der Waals surface area contributed by atoms with E-state index in [-0.39, 0.29) is 25.2 Å². The molecular formula is C14H19N3O4. The average Bonchev–Trinajstić information content (AvgIpc) is 2.42. The molecule has 0 spiro atoms. The van der Waals surface area contributed by atoms with Crippen molar-refractivity contribution < 1.29 is 19.5 Å². The molecule has 1 atom stereocenters. The molecule has 1 rings (SSSR count). The molecule has 0 aliphatic rings. The quantitative estimate of drug-likeness (QED) is 0.502. The monoisotopic (exact) mass is 293 g/mol. The minimum absolute atomic E-state index is 0.0156. The summed E-state index contributed by atoms with van der Waals surface area (Å²) < 4.78 is 0. The molecule has 0 bridgehead atoms. The summed E-state index contributed by atoms with van der Waals surface area (Å²) in [5, 5.41) is 11.4. The fourth-order valence-electron chi connectivity index (χ4n) is 1.75. The van der Waals surface area contributed by atoms with E-state index in [1.165, 1.54) is 0 Å². The zero-order valence-electron chi connectivity index (χ0n) is 11.5. The van der Waals surface area contributed by atoms with Crippen molar-refractivity contribution in [3.05, 3.63) is 29.8 Å². The average molecular weight is 293 g/mol. The highest BCUT2D eigenvalue weighted by atomic mass is 16.4. The van der Waals surface area contributed by atoms with Crippen molar-refractivity contribution >= 4 is 23.5 Å². The summed E-state index contributed by atoms with van der Waals surface area (Å²) >= 11 is 0. The second-order valence-electron chi connectivity index (χ2n) is 4.70. The van der Waals surface area contributed by atoms with Crippen LogP contribution in [0.15, 0.2) is 24.3 Å². The molecule has 0 saturated heterocycles. The van der Waals surface area contributed by atoms with Gasteiger partial charge < -0.3 is 21.9 Å². The summed E-state index contributed by atoms with van der Waals surface area (Å²) in [6.45, 7) is 0. The van der Waals surface area contributed by atoms with E-state index in [4.69, 9.17) is 16.6 Å². The molecule has 0 aliphatic heterocycles. The summed E-state index contributed by atoms with van der Waals surface area (Å²) in [5.74, 6) is -2.17. The first-order valence-corrected chi connectivity index (χ1v) is 6.53. The number of carboxylic acid groups (broad SMARTS) is 1. The minimum Gasteiger partial charge on any atom is -0.480 e. The van der Waals surface area contributed by atoms with Crippen molar-refractivity contribution in [2.24, 2.45) is 5.73 Å². The molecule has 21 heavy (non-hydrogen) atoms. The van der Waals surface area contributed by atoms with Gasteiger partial charge in [-0.3, -0.25) is 9.59 Å². The van der Waals surface area contributed by atoms with Gasteiger partial charge in [-0.2, -0.15) is 0 Å². The maximum absolute atomic E-state index is 11.7. The van der Waals surface area contributed by atoms with E-state index in [1.807, 2.05) is 12.1 Å². The van der Waals surface area contributed by atoms with Gasteiger partial charge in [0, 0.05) is 18.5 Å². The molecule has 7 nitrogen and oxygen atoms in total. The van der Waals surface area contributed by atoms with Gasteiger partial charge in [0.05, 0.1) is 0 Å². The van der Waals surface area contributed by atoms with Gasteiger partial charge in [0.1, 0.15) is 6.04 Å². The van der Waals surface area contributed by atoms with Crippen LogP contribution in [0.2, 0.25) is 0 Å². The van der Waals surface area contributed by atoms with Crippen molar-refractivity contribution in [1.82, 2.24) is 5.32 Å². The standard InChI is InChI=1S/C14H19N3O4/c15-10-4-1-9(2-5-10)3-8-13(19)17-11(14(20)21)6-7-12(16)18/h1-2,4-5,11H,3,6-8,15H2,(H2,16,18)(H,17,19)(H,20,21). The van der Waals surface area contributed by atoms with E-state index in [0.29, 0.717) is 12.1 Å².